The summed E-state index contributed by atoms with van der Waals surface area (Å²) in [5.41, 5.74) is 1.71. The fourth-order valence-corrected chi connectivity index (χ4v) is 2.11. The van der Waals surface area contributed by atoms with E-state index in [1.807, 2.05) is 12.1 Å². The SMILES string of the molecule is CCCc1nc(Cl)nc2cc(OC)c(OC)cc12. The van der Waals surface area contributed by atoms with Crippen molar-refractivity contribution in [2.45, 2.75) is 19.8 Å². The molecular weight excluding hydrogens is 252 g/mol. The number of aryl methyl sites for hydroxylation is 1. The molecule has 0 aliphatic heterocycles. The van der Waals surface area contributed by atoms with Crippen molar-refractivity contribution in [2.75, 3.05) is 14.2 Å². The third-order valence-corrected chi connectivity index (χ3v) is 2.91. The lowest BCUT2D eigenvalue weighted by atomic mass is 10.1. The van der Waals surface area contributed by atoms with Crippen molar-refractivity contribution in [3.8, 4) is 11.5 Å². The third kappa shape index (κ3) is 2.34. The molecule has 0 saturated carbocycles. The largest absolute Gasteiger partial charge is 0.493 e. The number of ether oxygens (including phenoxy) is 2. The predicted octanol–water partition coefficient (Wildman–Crippen LogP) is 3.25. The fraction of sp³-hybridized carbons (Fsp3) is 0.385. The molecule has 2 rings (SSSR count). The summed E-state index contributed by atoms with van der Waals surface area (Å²) in [5, 5.41) is 1.22. The van der Waals surface area contributed by atoms with E-state index in [4.69, 9.17) is 21.1 Å². The summed E-state index contributed by atoms with van der Waals surface area (Å²) in [6.07, 6.45) is 1.85. The van der Waals surface area contributed by atoms with Crippen LogP contribution in [0.3, 0.4) is 0 Å². The molecule has 5 heteroatoms. The molecule has 1 aromatic heterocycles. The van der Waals surface area contributed by atoms with Crippen LogP contribution in [0.25, 0.3) is 10.9 Å². The highest BCUT2D eigenvalue weighted by Crippen LogP contribution is 2.33. The third-order valence-electron chi connectivity index (χ3n) is 2.74. The molecule has 18 heavy (non-hydrogen) atoms. The molecule has 0 bridgehead atoms. The standard InChI is InChI=1S/C13H15ClN2O2/c1-4-5-9-8-6-11(17-2)12(18-3)7-10(8)16-13(14)15-9/h6-7H,4-5H2,1-3H3. The first-order chi connectivity index (χ1) is 8.69. The summed E-state index contributed by atoms with van der Waals surface area (Å²) >= 11 is 5.93. The van der Waals surface area contributed by atoms with E-state index in [1.54, 1.807) is 14.2 Å². The maximum atomic E-state index is 5.93. The van der Waals surface area contributed by atoms with Crippen LogP contribution in [-0.4, -0.2) is 24.2 Å². The van der Waals surface area contributed by atoms with Crippen LogP contribution in [0.5, 0.6) is 11.5 Å². The number of aromatic nitrogens is 2. The number of benzene rings is 1. The van der Waals surface area contributed by atoms with E-state index in [9.17, 15) is 0 Å². The molecular formula is C13H15ClN2O2. The Morgan fingerprint density at radius 2 is 1.78 bits per heavy atom. The number of halogens is 1. The summed E-state index contributed by atoms with van der Waals surface area (Å²) in [7, 11) is 3.21. The van der Waals surface area contributed by atoms with Crippen LogP contribution in [0.15, 0.2) is 12.1 Å². The Morgan fingerprint density at radius 3 is 2.39 bits per heavy atom. The van der Waals surface area contributed by atoms with Gasteiger partial charge in [0.2, 0.25) is 5.28 Å². The van der Waals surface area contributed by atoms with Crippen molar-refractivity contribution in [3.05, 3.63) is 23.1 Å². The molecule has 0 radical (unpaired) electrons. The van der Waals surface area contributed by atoms with Crippen LogP contribution in [-0.2, 0) is 6.42 Å². The number of hydrogen-bond donors (Lipinski definition) is 0. The lowest BCUT2D eigenvalue weighted by Gasteiger charge is -2.11. The van der Waals surface area contributed by atoms with Gasteiger partial charge in [-0.1, -0.05) is 13.3 Å². The Bertz CT molecular complexity index is 572. The molecule has 96 valence electrons. The van der Waals surface area contributed by atoms with Crippen molar-refractivity contribution in [3.63, 3.8) is 0 Å². The Morgan fingerprint density at radius 1 is 1.11 bits per heavy atom. The van der Waals surface area contributed by atoms with E-state index < -0.39 is 0 Å². The first kappa shape index (κ1) is 12.9. The van der Waals surface area contributed by atoms with E-state index in [2.05, 4.69) is 16.9 Å². The van der Waals surface area contributed by atoms with Gasteiger partial charge in [0.1, 0.15) is 0 Å². The predicted molar refractivity (Wildman–Crippen MR) is 71.6 cm³/mol. The summed E-state index contributed by atoms with van der Waals surface area (Å²) in [6, 6.07) is 3.72. The van der Waals surface area contributed by atoms with Gasteiger partial charge in [-0.2, -0.15) is 0 Å². The van der Waals surface area contributed by atoms with Crippen LogP contribution in [0.2, 0.25) is 5.28 Å². The molecule has 0 N–H and O–H groups in total. The number of nitrogens with zero attached hydrogens (tertiary/aromatic N) is 2. The first-order valence-corrected chi connectivity index (χ1v) is 6.15. The summed E-state index contributed by atoms with van der Waals surface area (Å²) in [4.78, 5) is 8.50. The molecule has 2 aromatic rings. The Kier molecular flexibility index (Phi) is 3.87. The topological polar surface area (TPSA) is 44.2 Å². The van der Waals surface area contributed by atoms with Gasteiger partial charge in [0.05, 0.1) is 25.4 Å². The van der Waals surface area contributed by atoms with Gasteiger partial charge in [-0.3, -0.25) is 0 Å². The summed E-state index contributed by atoms with van der Waals surface area (Å²) in [5.74, 6) is 1.32. The molecule has 1 aromatic carbocycles. The fourth-order valence-electron chi connectivity index (χ4n) is 1.92. The second-order valence-corrected chi connectivity index (χ2v) is 4.25. The van der Waals surface area contributed by atoms with Gasteiger partial charge in [-0.05, 0) is 24.1 Å². The lowest BCUT2D eigenvalue weighted by molar-refractivity contribution is 0.355. The average Bonchev–Trinajstić information content (AvgIpc) is 2.37. The Balaban J connectivity index is 2.70. The quantitative estimate of drug-likeness (QED) is 0.797. The van der Waals surface area contributed by atoms with Gasteiger partial charge in [-0.25, -0.2) is 9.97 Å². The molecule has 0 fully saturated rings. The molecule has 0 spiro atoms. The minimum atomic E-state index is 0.262. The van der Waals surface area contributed by atoms with E-state index in [-0.39, 0.29) is 5.28 Å². The Labute approximate surface area is 111 Å². The van der Waals surface area contributed by atoms with Gasteiger partial charge in [0.25, 0.3) is 0 Å². The summed E-state index contributed by atoms with van der Waals surface area (Å²) < 4.78 is 10.5. The van der Waals surface area contributed by atoms with Crippen LogP contribution < -0.4 is 9.47 Å². The molecule has 0 saturated heterocycles. The van der Waals surface area contributed by atoms with E-state index >= 15 is 0 Å². The maximum Gasteiger partial charge on any atom is 0.223 e. The van der Waals surface area contributed by atoms with Crippen molar-refractivity contribution >= 4 is 22.5 Å². The zero-order valence-corrected chi connectivity index (χ0v) is 11.4. The zero-order valence-electron chi connectivity index (χ0n) is 10.7. The van der Waals surface area contributed by atoms with Gasteiger partial charge >= 0.3 is 0 Å². The second kappa shape index (κ2) is 5.40. The zero-order chi connectivity index (χ0) is 13.1. The molecule has 0 aliphatic carbocycles. The van der Waals surface area contributed by atoms with Gasteiger partial charge in [0.15, 0.2) is 11.5 Å². The first-order valence-electron chi connectivity index (χ1n) is 5.77. The van der Waals surface area contributed by atoms with Crippen molar-refractivity contribution in [2.24, 2.45) is 0 Å². The lowest BCUT2D eigenvalue weighted by Crippen LogP contribution is -1.97. The Hall–Kier alpha value is -1.55. The second-order valence-electron chi connectivity index (χ2n) is 3.91. The summed E-state index contributed by atoms with van der Waals surface area (Å²) in [6.45, 7) is 2.10. The van der Waals surface area contributed by atoms with E-state index in [0.717, 1.165) is 29.4 Å². The van der Waals surface area contributed by atoms with Crippen LogP contribution >= 0.6 is 11.6 Å². The highest BCUT2D eigenvalue weighted by Gasteiger charge is 2.11. The normalized spacial score (nSPS) is 10.7. The van der Waals surface area contributed by atoms with E-state index in [0.29, 0.717) is 11.5 Å². The number of rotatable bonds is 4. The number of hydrogen-bond acceptors (Lipinski definition) is 4. The number of methoxy groups -OCH3 is 2. The van der Waals surface area contributed by atoms with Crippen LogP contribution in [0.1, 0.15) is 19.0 Å². The van der Waals surface area contributed by atoms with Crippen molar-refractivity contribution < 1.29 is 9.47 Å². The minimum Gasteiger partial charge on any atom is -0.493 e. The average molecular weight is 267 g/mol. The molecule has 1 heterocycles. The van der Waals surface area contributed by atoms with Crippen LogP contribution in [0.4, 0.5) is 0 Å². The van der Waals surface area contributed by atoms with Gasteiger partial charge in [-0.15, -0.1) is 0 Å². The smallest absolute Gasteiger partial charge is 0.223 e. The van der Waals surface area contributed by atoms with Gasteiger partial charge < -0.3 is 9.47 Å². The molecule has 0 atom stereocenters. The molecule has 0 aliphatic rings. The monoisotopic (exact) mass is 266 g/mol. The maximum absolute atomic E-state index is 5.93. The minimum absolute atomic E-state index is 0.262. The van der Waals surface area contributed by atoms with Gasteiger partial charge in [0, 0.05) is 11.5 Å². The highest BCUT2D eigenvalue weighted by atomic mass is 35.5. The molecule has 0 unspecified atom stereocenters. The highest BCUT2D eigenvalue weighted by molar-refractivity contribution is 6.28. The molecule has 0 amide bonds. The van der Waals surface area contributed by atoms with Crippen molar-refractivity contribution in [1.82, 2.24) is 9.97 Å². The number of fused-ring (bicyclic) bond motifs is 1. The van der Waals surface area contributed by atoms with Crippen LogP contribution in [0, 0.1) is 0 Å². The van der Waals surface area contributed by atoms with E-state index in [1.165, 1.54) is 0 Å². The van der Waals surface area contributed by atoms with Crippen molar-refractivity contribution in [1.29, 1.82) is 0 Å². The molecule has 4 nitrogen and oxygen atoms in total.